The second-order valence-electron chi connectivity index (χ2n) is 6.75. The minimum atomic E-state index is -0.0626. The highest BCUT2D eigenvalue weighted by Crippen LogP contribution is 2.34. The SMILES string of the molecule is CN=C(NCCc1c(OC)cc(OC)cc1OC)NCC(C)Oc1cccc(OC)c1. The smallest absolute Gasteiger partial charge is 0.191 e. The third-order valence-electron chi connectivity index (χ3n) is 4.64. The monoisotopic (exact) mass is 431 g/mol. The van der Waals surface area contributed by atoms with Gasteiger partial charge in [0, 0.05) is 37.4 Å². The van der Waals surface area contributed by atoms with Crippen LogP contribution in [-0.4, -0.2) is 60.6 Å². The molecule has 2 aromatic carbocycles. The fraction of sp³-hybridized carbons (Fsp3) is 0.435. The van der Waals surface area contributed by atoms with Gasteiger partial charge in [-0.3, -0.25) is 4.99 Å². The minimum absolute atomic E-state index is 0.0626. The van der Waals surface area contributed by atoms with Crippen LogP contribution in [0.5, 0.6) is 28.7 Å². The van der Waals surface area contributed by atoms with Gasteiger partial charge in [-0.15, -0.1) is 0 Å². The van der Waals surface area contributed by atoms with Crippen molar-refractivity contribution in [2.24, 2.45) is 4.99 Å². The van der Waals surface area contributed by atoms with Gasteiger partial charge >= 0.3 is 0 Å². The summed E-state index contributed by atoms with van der Waals surface area (Å²) in [4.78, 5) is 4.27. The Morgan fingerprint density at radius 1 is 0.871 bits per heavy atom. The maximum absolute atomic E-state index is 5.94. The summed E-state index contributed by atoms with van der Waals surface area (Å²) in [5.74, 6) is 4.35. The average Bonchev–Trinajstić information content (AvgIpc) is 2.80. The molecule has 2 rings (SSSR count). The number of methoxy groups -OCH3 is 4. The maximum Gasteiger partial charge on any atom is 0.191 e. The van der Waals surface area contributed by atoms with E-state index in [-0.39, 0.29) is 6.10 Å². The van der Waals surface area contributed by atoms with Gasteiger partial charge in [-0.1, -0.05) is 6.07 Å². The van der Waals surface area contributed by atoms with Crippen molar-refractivity contribution in [2.75, 3.05) is 48.6 Å². The zero-order valence-electron chi connectivity index (χ0n) is 19.2. The second kappa shape index (κ2) is 12.4. The van der Waals surface area contributed by atoms with Gasteiger partial charge in [0.2, 0.25) is 0 Å². The van der Waals surface area contributed by atoms with Crippen LogP contribution in [0.25, 0.3) is 0 Å². The minimum Gasteiger partial charge on any atom is -0.497 e. The highest BCUT2D eigenvalue weighted by Gasteiger charge is 2.13. The van der Waals surface area contributed by atoms with Crippen LogP contribution in [0.4, 0.5) is 0 Å². The number of hydrogen-bond donors (Lipinski definition) is 2. The predicted octanol–water partition coefficient (Wildman–Crippen LogP) is 2.90. The second-order valence-corrected chi connectivity index (χ2v) is 6.75. The molecular weight excluding hydrogens is 398 g/mol. The first-order valence-corrected chi connectivity index (χ1v) is 10.1. The van der Waals surface area contributed by atoms with E-state index in [2.05, 4.69) is 15.6 Å². The van der Waals surface area contributed by atoms with E-state index in [1.165, 1.54) is 0 Å². The van der Waals surface area contributed by atoms with Crippen molar-refractivity contribution in [3.8, 4) is 28.7 Å². The van der Waals surface area contributed by atoms with Gasteiger partial charge in [0.05, 0.1) is 35.0 Å². The molecule has 1 unspecified atom stereocenters. The zero-order valence-corrected chi connectivity index (χ0v) is 19.2. The molecule has 0 radical (unpaired) electrons. The van der Waals surface area contributed by atoms with E-state index in [4.69, 9.17) is 23.7 Å². The first-order chi connectivity index (χ1) is 15.0. The van der Waals surface area contributed by atoms with Gasteiger partial charge in [-0.25, -0.2) is 0 Å². The highest BCUT2D eigenvalue weighted by atomic mass is 16.5. The predicted molar refractivity (Wildman–Crippen MR) is 122 cm³/mol. The van der Waals surface area contributed by atoms with Crippen LogP contribution < -0.4 is 34.3 Å². The van der Waals surface area contributed by atoms with Gasteiger partial charge in [0.25, 0.3) is 0 Å². The summed E-state index contributed by atoms with van der Waals surface area (Å²) in [6, 6.07) is 11.2. The van der Waals surface area contributed by atoms with E-state index in [0.29, 0.717) is 31.2 Å². The van der Waals surface area contributed by atoms with Crippen molar-refractivity contribution in [1.29, 1.82) is 0 Å². The van der Waals surface area contributed by atoms with Crippen LogP contribution in [0.15, 0.2) is 41.4 Å². The van der Waals surface area contributed by atoms with Crippen LogP contribution in [0.2, 0.25) is 0 Å². The van der Waals surface area contributed by atoms with Gasteiger partial charge in [0.1, 0.15) is 34.9 Å². The number of aliphatic imine (C=N–C) groups is 1. The molecule has 0 amide bonds. The third-order valence-corrected chi connectivity index (χ3v) is 4.64. The lowest BCUT2D eigenvalue weighted by atomic mass is 10.1. The molecular formula is C23H33N3O5. The van der Waals surface area contributed by atoms with E-state index in [1.807, 2.05) is 43.3 Å². The molecule has 2 aromatic rings. The molecule has 0 heterocycles. The lowest BCUT2D eigenvalue weighted by Crippen LogP contribution is -2.42. The number of nitrogens with one attached hydrogen (secondary N) is 2. The summed E-state index contributed by atoms with van der Waals surface area (Å²) in [6.45, 7) is 3.22. The zero-order chi connectivity index (χ0) is 22.6. The summed E-state index contributed by atoms with van der Waals surface area (Å²) in [5, 5.41) is 6.59. The quantitative estimate of drug-likeness (QED) is 0.418. The molecule has 170 valence electrons. The Labute approximate surface area is 184 Å². The molecule has 0 aromatic heterocycles. The molecule has 0 spiro atoms. The Bertz CT molecular complexity index is 832. The first-order valence-electron chi connectivity index (χ1n) is 10.1. The molecule has 0 aliphatic heterocycles. The Morgan fingerprint density at radius 2 is 1.52 bits per heavy atom. The molecule has 0 fully saturated rings. The first kappa shape index (κ1) is 24.0. The molecule has 0 saturated heterocycles. The number of guanidine groups is 1. The number of nitrogens with zero attached hydrogens (tertiary/aromatic N) is 1. The molecule has 1 atom stereocenters. The van der Waals surface area contributed by atoms with E-state index >= 15 is 0 Å². The lowest BCUT2D eigenvalue weighted by Gasteiger charge is -2.19. The van der Waals surface area contributed by atoms with Crippen LogP contribution >= 0.6 is 0 Å². The van der Waals surface area contributed by atoms with E-state index in [9.17, 15) is 0 Å². The van der Waals surface area contributed by atoms with Gasteiger partial charge in [-0.05, 0) is 25.5 Å². The number of hydrogen-bond acceptors (Lipinski definition) is 6. The Morgan fingerprint density at radius 3 is 2.10 bits per heavy atom. The third kappa shape index (κ3) is 7.16. The highest BCUT2D eigenvalue weighted by molar-refractivity contribution is 5.79. The molecule has 0 aliphatic carbocycles. The fourth-order valence-electron chi connectivity index (χ4n) is 3.04. The summed E-state index contributed by atoms with van der Waals surface area (Å²) < 4.78 is 27.5. The Kier molecular flexibility index (Phi) is 9.61. The topological polar surface area (TPSA) is 82.6 Å². The summed E-state index contributed by atoms with van der Waals surface area (Å²) in [7, 11) is 8.25. The van der Waals surface area contributed by atoms with Crippen molar-refractivity contribution in [3.63, 3.8) is 0 Å². The molecule has 8 heteroatoms. The van der Waals surface area contributed by atoms with E-state index in [1.54, 1.807) is 35.5 Å². The molecule has 0 bridgehead atoms. The van der Waals surface area contributed by atoms with Gasteiger partial charge < -0.3 is 34.3 Å². The van der Waals surface area contributed by atoms with Crippen LogP contribution in [-0.2, 0) is 6.42 Å². The largest absolute Gasteiger partial charge is 0.497 e. The fourth-order valence-corrected chi connectivity index (χ4v) is 3.04. The Hall–Kier alpha value is -3.29. The van der Waals surface area contributed by atoms with Gasteiger partial charge in [-0.2, -0.15) is 0 Å². The molecule has 8 nitrogen and oxygen atoms in total. The van der Waals surface area contributed by atoms with Crippen molar-refractivity contribution in [1.82, 2.24) is 10.6 Å². The van der Waals surface area contributed by atoms with Crippen molar-refractivity contribution in [3.05, 3.63) is 42.0 Å². The van der Waals surface area contributed by atoms with E-state index < -0.39 is 0 Å². The normalized spacial score (nSPS) is 12.0. The molecule has 31 heavy (non-hydrogen) atoms. The summed E-state index contributed by atoms with van der Waals surface area (Å²) in [6.07, 6.45) is 0.625. The van der Waals surface area contributed by atoms with Crippen molar-refractivity contribution >= 4 is 5.96 Å². The number of benzene rings is 2. The van der Waals surface area contributed by atoms with Crippen LogP contribution in [0, 0.1) is 0 Å². The standard InChI is InChI=1S/C23H33N3O5/c1-16(31-18-9-7-8-17(12-18)27-3)15-26-23(24-2)25-11-10-20-21(29-5)13-19(28-4)14-22(20)30-6/h7-9,12-14,16H,10-11,15H2,1-6H3,(H2,24,25,26). The Balaban J connectivity index is 1.87. The lowest BCUT2D eigenvalue weighted by molar-refractivity contribution is 0.223. The summed E-state index contributed by atoms with van der Waals surface area (Å²) >= 11 is 0. The molecule has 0 saturated carbocycles. The van der Waals surface area contributed by atoms with Crippen LogP contribution in [0.3, 0.4) is 0 Å². The number of rotatable bonds is 11. The average molecular weight is 432 g/mol. The van der Waals surface area contributed by atoms with E-state index in [0.717, 1.165) is 28.6 Å². The summed E-state index contributed by atoms with van der Waals surface area (Å²) in [5.41, 5.74) is 0.962. The van der Waals surface area contributed by atoms with Crippen LogP contribution in [0.1, 0.15) is 12.5 Å². The maximum atomic E-state index is 5.94. The van der Waals surface area contributed by atoms with Crippen molar-refractivity contribution in [2.45, 2.75) is 19.4 Å². The number of ether oxygens (including phenoxy) is 5. The molecule has 0 aliphatic rings. The van der Waals surface area contributed by atoms with Crippen molar-refractivity contribution < 1.29 is 23.7 Å². The molecule has 2 N–H and O–H groups in total. The van der Waals surface area contributed by atoms with Gasteiger partial charge in [0.15, 0.2) is 5.96 Å².